The maximum atomic E-state index is 13.1. The molecule has 9 heteroatoms. The summed E-state index contributed by atoms with van der Waals surface area (Å²) < 4.78 is 13.2. The summed E-state index contributed by atoms with van der Waals surface area (Å²) in [4.78, 5) is 31.6. The van der Waals surface area contributed by atoms with E-state index in [2.05, 4.69) is 15.6 Å². The van der Waals surface area contributed by atoms with Gasteiger partial charge in [-0.15, -0.1) is 0 Å². The van der Waals surface area contributed by atoms with E-state index in [0.29, 0.717) is 31.0 Å². The topological polar surface area (TPSA) is 99.8 Å². The fraction of sp³-hybridized carbons (Fsp3) is 0.219. The predicted molar refractivity (Wildman–Crippen MR) is 156 cm³/mol. The molecule has 9 nitrogen and oxygen atoms in total. The Balaban J connectivity index is 1.28. The van der Waals surface area contributed by atoms with Gasteiger partial charge in [0, 0.05) is 55.4 Å². The lowest BCUT2D eigenvalue weighted by Gasteiger charge is -2.28. The number of nitrogens with zero attached hydrogens (tertiary/aromatic N) is 4. The van der Waals surface area contributed by atoms with Gasteiger partial charge >= 0.3 is 0 Å². The van der Waals surface area contributed by atoms with Gasteiger partial charge in [-0.2, -0.15) is 0 Å². The summed E-state index contributed by atoms with van der Waals surface area (Å²) in [5.41, 5.74) is 4.75. The molecule has 2 heterocycles. The minimum absolute atomic E-state index is 0.102. The van der Waals surface area contributed by atoms with Crippen molar-refractivity contribution in [2.45, 2.75) is 25.9 Å². The number of carbonyl (C=O) groups excluding carboxylic acids is 2. The van der Waals surface area contributed by atoms with Crippen LogP contribution in [0.15, 0.2) is 97.7 Å². The van der Waals surface area contributed by atoms with E-state index < -0.39 is 0 Å². The van der Waals surface area contributed by atoms with Crippen LogP contribution in [0.2, 0.25) is 0 Å². The van der Waals surface area contributed by atoms with Crippen molar-refractivity contribution in [1.29, 1.82) is 0 Å². The summed E-state index contributed by atoms with van der Waals surface area (Å²) in [6.45, 7) is 2.03. The number of aromatic nitrogens is 2. The number of fused-ring (bicyclic) bond motifs is 1. The number of amides is 2. The van der Waals surface area contributed by atoms with E-state index in [1.165, 1.54) is 6.92 Å². The highest BCUT2D eigenvalue weighted by Crippen LogP contribution is 2.33. The number of rotatable bonds is 12. The summed E-state index contributed by atoms with van der Waals surface area (Å²) in [6.07, 6.45) is 7.62. The zero-order valence-electron chi connectivity index (χ0n) is 23.1. The summed E-state index contributed by atoms with van der Waals surface area (Å²) in [6, 6.07) is 22.5. The Morgan fingerprint density at radius 3 is 2.56 bits per heavy atom. The van der Waals surface area contributed by atoms with Crippen LogP contribution in [-0.4, -0.2) is 52.6 Å². The largest absolute Gasteiger partial charge is 0.496 e. The molecule has 1 atom stereocenters. The number of para-hydroxylation sites is 2. The molecule has 0 aliphatic carbocycles. The first kappa shape index (κ1) is 27.5. The third-order valence-electron chi connectivity index (χ3n) is 6.89. The van der Waals surface area contributed by atoms with Crippen LogP contribution in [0, 0.1) is 0 Å². The predicted octanol–water partition coefficient (Wildman–Crippen LogP) is 4.47. The van der Waals surface area contributed by atoms with Crippen molar-refractivity contribution in [3.05, 3.63) is 109 Å². The summed E-state index contributed by atoms with van der Waals surface area (Å²) >= 11 is 0. The smallest absolute Gasteiger partial charge is 0.258 e. The molecule has 4 aromatic rings. The molecule has 209 valence electrons. The monoisotopic (exact) mass is 550 g/mol. The lowest BCUT2D eigenvalue weighted by Crippen LogP contribution is -2.46. The van der Waals surface area contributed by atoms with Crippen LogP contribution >= 0.6 is 0 Å². The Bertz CT molecular complexity index is 1520. The zero-order chi connectivity index (χ0) is 28.6. The molecule has 0 saturated heterocycles. The molecule has 1 aliphatic rings. The summed E-state index contributed by atoms with van der Waals surface area (Å²) in [5, 5.41) is 7.61. The third kappa shape index (κ3) is 6.94. The van der Waals surface area contributed by atoms with Crippen LogP contribution in [0.25, 0.3) is 11.3 Å². The highest BCUT2D eigenvalue weighted by Gasteiger charge is 2.24. The van der Waals surface area contributed by atoms with Crippen molar-refractivity contribution >= 4 is 23.1 Å². The summed E-state index contributed by atoms with van der Waals surface area (Å²) in [5.74, 6) is 0.902. The lowest BCUT2D eigenvalue weighted by molar-refractivity contribution is -0.131. The van der Waals surface area contributed by atoms with Gasteiger partial charge in [0.1, 0.15) is 11.5 Å². The molecule has 41 heavy (non-hydrogen) atoms. The molecule has 2 amide bonds. The number of nitrogens with one attached hydrogen (secondary N) is 1. The van der Waals surface area contributed by atoms with Crippen molar-refractivity contribution in [2.24, 2.45) is 0 Å². The highest BCUT2D eigenvalue weighted by molar-refractivity contribution is 5.81. The average Bonchev–Trinajstić information content (AvgIpc) is 3.67. The molecule has 1 unspecified atom stereocenters. The molecule has 3 aromatic carbocycles. The van der Waals surface area contributed by atoms with Crippen LogP contribution < -0.4 is 20.1 Å². The van der Waals surface area contributed by atoms with Gasteiger partial charge in [-0.05, 0) is 48.4 Å². The van der Waals surface area contributed by atoms with Crippen LogP contribution in [-0.2, 0) is 16.1 Å². The van der Waals surface area contributed by atoms with Gasteiger partial charge in [0.2, 0.25) is 5.91 Å². The molecular formula is C32H32N5O4. The number of hydrogen-bond donors (Lipinski definition) is 1. The first-order valence-corrected chi connectivity index (χ1v) is 13.4. The van der Waals surface area contributed by atoms with Crippen LogP contribution in [0.1, 0.15) is 24.5 Å². The van der Waals surface area contributed by atoms with Gasteiger partial charge in [-0.1, -0.05) is 36.4 Å². The first-order valence-electron chi connectivity index (χ1n) is 13.4. The van der Waals surface area contributed by atoms with E-state index in [4.69, 9.17) is 9.47 Å². The van der Waals surface area contributed by atoms with Gasteiger partial charge in [0.25, 0.3) is 5.91 Å². The number of ether oxygens (including phenoxy) is 2. The molecule has 0 bridgehead atoms. The van der Waals surface area contributed by atoms with Gasteiger partial charge in [0.05, 0.1) is 25.2 Å². The summed E-state index contributed by atoms with van der Waals surface area (Å²) in [7, 11) is 1.61. The zero-order valence-corrected chi connectivity index (χ0v) is 23.1. The second-order valence-electron chi connectivity index (χ2n) is 9.73. The van der Waals surface area contributed by atoms with Gasteiger partial charge in [-0.25, -0.2) is 4.98 Å². The van der Waals surface area contributed by atoms with E-state index in [9.17, 15) is 9.59 Å². The fourth-order valence-electron chi connectivity index (χ4n) is 4.82. The normalized spacial score (nSPS) is 12.5. The van der Waals surface area contributed by atoms with Crippen LogP contribution in [0.4, 0.5) is 5.69 Å². The minimum Gasteiger partial charge on any atom is -0.496 e. The Kier molecular flexibility index (Phi) is 8.64. The van der Waals surface area contributed by atoms with Crippen molar-refractivity contribution in [3.8, 4) is 17.2 Å². The van der Waals surface area contributed by atoms with Gasteiger partial charge in [0.15, 0.2) is 6.61 Å². The number of imidazole rings is 1. The second kappa shape index (κ2) is 12.9. The molecule has 5 rings (SSSR count). The van der Waals surface area contributed by atoms with Gasteiger partial charge < -0.3 is 24.3 Å². The maximum Gasteiger partial charge on any atom is 0.258 e. The standard InChI is InChI=1S/C32H32N5O4/c1-23(38)37(19-24-7-3-6-10-31(24)40-2)20-26(17-25-18-34-30-9-5-4-8-29(25)30)35-32(39)21-41-28-13-11-27(12-14-28)36-16-15-33-22-36/h3-16,18,22,26H,17,19-21H2,1-2H3,(H,35,39). The Hall–Kier alpha value is -5.05. The lowest BCUT2D eigenvalue weighted by atomic mass is 9.99. The number of benzene rings is 3. The van der Waals surface area contributed by atoms with Crippen LogP contribution in [0.5, 0.6) is 11.5 Å². The number of methoxy groups -OCH3 is 1. The molecule has 0 fully saturated rings. The van der Waals surface area contributed by atoms with Gasteiger partial charge in [-0.3, -0.25) is 14.9 Å². The number of hydrogen-bond acceptors (Lipinski definition) is 5. The molecule has 0 spiro atoms. The Labute approximate surface area is 239 Å². The highest BCUT2D eigenvalue weighted by atomic mass is 16.5. The molecular weight excluding hydrogens is 518 g/mol. The van der Waals surface area contributed by atoms with Crippen molar-refractivity contribution in [2.75, 3.05) is 20.3 Å². The average molecular weight is 551 g/mol. The quantitative estimate of drug-likeness (QED) is 0.281. The van der Waals surface area contributed by atoms with Crippen molar-refractivity contribution in [3.63, 3.8) is 0 Å². The molecule has 1 radical (unpaired) electrons. The third-order valence-corrected chi connectivity index (χ3v) is 6.89. The maximum absolute atomic E-state index is 13.1. The van der Waals surface area contributed by atoms with E-state index in [0.717, 1.165) is 28.1 Å². The van der Waals surface area contributed by atoms with Crippen molar-refractivity contribution < 1.29 is 19.1 Å². The van der Waals surface area contributed by atoms with Crippen molar-refractivity contribution in [1.82, 2.24) is 25.1 Å². The molecule has 0 saturated carbocycles. The number of carbonyl (C=O) groups is 2. The molecule has 1 aromatic heterocycles. The second-order valence-corrected chi connectivity index (χ2v) is 9.73. The van der Waals surface area contributed by atoms with E-state index in [1.54, 1.807) is 24.5 Å². The fourth-order valence-corrected chi connectivity index (χ4v) is 4.82. The van der Waals surface area contributed by atoms with Crippen LogP contribution in [0.3, 0.4) is 0 Å². The van der Waals surface area contributed by atoms with E-state index in [1.807, 2.05) is 89.8 Å². The first-order chi connectivity index (χ1) is 20.0. The minimum atomic E-state index is -0.374. The molecule has 1 N–H and O–H groups in total. The van der Waals surface area contributed by atoms with E-state index >= 15 is 0 Å². The van der Waals surface area contributed by atoms with E-state index in [-0.39, 0.29) is 24.5 Å². The Morgan fingerprint density at radius 1 is 1.02 bits per heavy atom. The Morgan fingerprint density at radius 2 is 1.80 bits per heavy atom. The SMILES string of the molecule is COc1ccccc1CN(CC(CC1=C[N]c2ccccc21)NC(=O)COc1ccc(-n2ccnc2)cc1)C(C)=O. The molecule has 1 aliphatic heterocycles.